The van der Waals surface area contributed by atoms with Crippen molar-refractivity contribution in [2.24, 2.45) is 0 Å². The first kappa shape index (κ1) is 12.6. The summed E-state index contributed by atoms with van der Waals surface area (Å²) in [6.45, 7) is 0. The molecule has 0 amide bonds. The molecule has 0 saturated carbocycles. The van der Waals surface area contributed by atoms with E-state index in [0.717, 1.165) is 4.70 Å². The smallest absolute Gasteiger partial charge is 0.768 e. The number of halogens is 1. The van der Waals surface area contributed by atoms with E-state index in [1.54, 1.807) is 12.1 Å². The van der Waals surface area contributed by atoms with Crippen molar-refractivity contribution in [3.05, 3.63) is 23.4 Å². The van der Waals surface area contributed by atoms with E-state index in [0.29, 0.717) is 10.7 Å². The van der Waals surface area contributed by atoms with Crippen LogP contribution in [0.4, 0.5) is 0 Å². The summed E-state index contributed by atoms with van der Waals surface area (Å²) in [6.07, 6.45) is 0. The third-order valence-electron chi connectivity index (χ3n) is 1.48. The molecule has 0 saturated heterocycles. The molecule has 2 aromatic rings. The van der Waals surface area contributed by atoms with E-state index in [9.17, 15) is 8.76 Å². The minimum atomic E-state index is -2.18. The van der Waals surface area contributed by atoms with Crippen molar-refractivity contribution in [1.82, 2.24) is 4.98 Å². The Labute approximate surface area is 114 Å². The van der Waals surface area contributed by atoms with Crippen molar-refractivity contribution in [2.75, 3.05) is 0 Å². The van der Waals surface area contributed by atoms with Gasteiger partial charge in [0.25, 0.3) is 0 Å². The fraction of sp³-hybridized carbons (Fsp3) is 0. The zero-order chi connectivity index (χ0) is 9.42. The SMILES string of the molecule is O=S([O-])c1cc2nc(Cl)ccc2s1.[Na+]. The first-order chi connectivity index (χ1) is 6.16. The molecule has 3 nitrogen and oxygen atoms in total. The molecule has 0 aromatic carbocycles. The van der Waals surface area contributed by atoms with Crippen molar-refractivity contribution < 1.29 is 38.3 Å². The molecule has 2 heterocycles. The van der Waals surface area contributed by atoms with Gasteiger partial charge >= 0.3 is 29.6 Å². The van der Waals surface area contributed by atoms with Gasteiger partial charge in [0.2, 0.25) is 0 Å². The van der Waals surface area contributed by atoms with Crippen molar-refractivity contribution >= 4 is 44.2 Å². The van der Waals surface area contributed by atoms with Gasteiger partial charge in [0.15, 0.2) is 0 Å². The van der Waals surface area contributed by atoms with Crippen molar-refractivity contribution in [2.45, 2.75) is 4.21 Å². The Kier molecular flexibility index (Phi) is 4.52. The van der Waals surface area contributed by atoms with E-state index in [-0.39, 0.29) is 33.8 Å². The molecule has 2 aromatic heterocycles. The van der Waals surface area contributed by atoms with Crippen LogP contribution in [0.15, 0.2) is 22.4 Å². The molecule has 1 atom stereocenters. The molecule has 1 unspecified atom stereocenters. The molecule has 0 fully saturated rings. The second-order valence-electron chi connectivity index (χ2n) is 2.32. The van der Waals surface area contributed by atoms with Gasteiger partial charge in [-0.3, -0.25) is 4.21 Å². The number of aromatic nitrogens is 1. The number of hydrogen-bond acceptors (Lipinski definition) is 4. The van der Waals surface area contributed by atoms with Crippen LogP contribution in [0.2, 0.25) is 5.15 Å². The van der Waals surface area contributed by atoms with Gasteiger partial charge in [-0.25, -0.2) is 4.98 Å². The molecule has 0 N–H and O–H groups in total. The van der Waals surface area contributed by atoms with Crippen molar-refractivity contribution in [3.63, 3.8) is 0 Å². The molecule has 7 heteroatoms. The molecule has 2 rings (SSSR count). The third kappa shape index (κ3) is 2.55. The van der Waals surface area contributed by atoms with Gasteiger partial charge in [0.1, 0.15) is 5.15 Å². The molecular weight excluding hydrogens is 253 g/mol. The van der Waals surface area contributed by atoms with Crippen molar-refractivity contribution in [3.8, 4) is 0 Å². The van der Waals surface area contributed by atoms with E-state index in [4.69, 9.17) is 11.6 Å². The predicted molar refractivity (Wildman–Crippen MR) is 51.8 cm³/mol. The number of nitrogens with zero attached hydrogens (tertiary/aromatic N) is 1. The molecular formula is C7H3ClNNaO2S2. The van der Waals surface area contributed by atoms with Crippen LogP contribution < -0.4 is 29.6 Å². The van der Waals surface area contributed by atoms with Crippen LogP contribution in [-0.4, -0.2) is 13.7 Å². The quantitative estimate of drug-likeness (QED) is 0.381. The van der Waals surface area contributed by atoms with Gasteiger partial charge in [-0.1, -0.05) is 11.6 Å². The standard InChI is InChI=1S/C7H4ClNO2S2.Na/c8-6-2-1-5-4(9-6)3-7(12-5)13(10)11;/h1-3H,(H,10,11);/q;+1/p-1. The summed E-state index contributed by atoms with van der Waals surface area (Å²) < 4.78 is 22.3. The first-order valence-electron chi connectivity index (χ1n) is 3.32. The summed E-state index contributed by atoms with van der Waals surface area (Å²) in [7, 11) is 0. The van der Waals surface area contributed by atoms with Gasteiger partial charge < -0.3 is 4.55 Å². The van der Waals surface area contributed by atoms with Gasteiger partial charge in [-0.2, -0.15) is 0 Å². The van der Waals surface area contributed by atoms with E-state index in [1.807, 2.05) is 0 Å². The minimum absolute atomic E-state index is 0. The van der Waals surface area contributed by atoms with Crippen LogP contribution in [0, 0.1) is 0 Å². The van der Waals surface area contributed by atoms with E-state index in [1.165, 1.54) is 17.4 Å². The number of thiophene rings is 1. The van der Waals surface area contributed by atoms with Crippen LogP contribution in [0.25, 0.3) is 10.2 Å². The van der Waals surface area contributed by atoms with Crippen LogP contribution in [0.3, 0.4) is 0 Å². The monoisotopic (exact) mass is 255 g/mol. The second-order valence-corrected chi connectivity index (χ2v) is 4.96. The molecule has 0 aliphatic heterocycles. The minimum Gasteiger partial charge on any atom is -0.768 e. The average Bonchev–Trinajstić information content (AvgIpc) is 2.46. The topological polar surface area (TPSA) is 53.0 Å². The third-order valence-corrected chi connectivity index (χ3v) is 3.68. The summed E-state index contributed by atoms with van der Waals surface area (Å²) in [5.41, 5.74) is 0.622. The zero-order valence-corrected chi connectivity index (χ0v) is 11.6. The van der Waals surface area contributed by atoms with E-state index >= 15 is 0 Å². The molecule has 0 aliphatic carbocycles. The van der Waals surface area contributed by atoms with Gasteiger partial charge in [0, 0.05) is 0 Å². The summed E-state index contributed by atoms with van der Waals surface area (Å²) in [4.78, 5) is 3.98. The number of rotatable bonds is 1. The summed E-state index contributed by atoms with van der Waals surface area (Å²) in [6, 6.07) is 4.90. The number of hydrogen-bond donors (Lipinski definition) is 0. The van der Waals surface area contributed by atoms with Gasteiger partial charge in [0.05, 0.1) is 14.4 Å². The maximum absolute atomic E-state index is 10.6. The van der Waals surface area contributed by atoms with Gasteiger partial charge in [-0.15, -0.1) is 11.3 Å². The van der Waals surface area contributed by atoms with Gasteiger partial charge in [-0.05, 0) is 29.3 Å². The van der Waals surface area contributed by atoms with Crippen LogP contribution in [0.5, 0.6) is 0 Å². The number of fused-ring (bicyclic) bond motifs is 1. The fourth-order valence-corrected chi connectivity index (χ4v) is 2.59. The summed E-state index contributed by atoms with van der Waals surface area (Å²) >= 11 is 4.64. The fourth-order valence-electron chi connectivity index (χ4n) is 0.959. The predicted octanol–water partition coefficient (Wildman–Crippen LogP) is -0.808. The molecule has 0 radical (unpaired) electrons. The maximum atomic E-state index is 10.6. The Hall–Kier alpha value is 0.510. The van der Waals surface area contributed by atoms with Crippen molar-refractivity contribution in [1.29, 1.82) is 0 Å². The molecule has 68 valence electrons. The Morgan fingerprint density at radius 1 is 1.50 bits per heavy atom. The zero-order valence-electron chi connectivity index (χ0n) is 7.19. The maximum Gasteiger partial charge on any atom is 1.00 e. The normalized spacial score (nSPS) is 12.4. The van der Waals surface area contributed by atoms with Crippen LogP contribution in [-0.2, 0) is 11.1 Å². The van der Waals surface area contributed by atoms with Crippen LogP contribution >= 0.6 is 22.9 Å². The molecule has 0 aliphatic rings. The largest absolute Gasteiger partial charge is 1.00 e. The molecule has 14 heavy (non-hydrogen) atoms. The molecule has 0 bridgehead atoms. The Balaban J connectivity index is 0.000000980. The molecule has 0 spiro atoms. The van der Waals surface area contributed by atoms with Crippen LogP contribution in [0.1, 0.15) is 0 Å². The average molecular weight is 256 g/mol. The second kappa shape index (κ2) is 5.03. The Bertz CT molecular complexity index is 487. The summed E-state index contributed by atoms with van der Waals surface area (Å²) in [5.74, 6) is 0. The van der Waals surface area contributed by atoms with E-state index < -0.39 is 11.1 Å². The Morgan fingerprint density at radius 2 is 2.21 bits per heavy atom. The van der Waals surface area contributed by atoms with E-state index in [2.05, 4.69) is 4.98 Å². The first-order valence-corrected chi connectivity index (χ1v) is 5.59. The summed E-state index contributed by atoms with van der Waals surface area (Å²) in [5, 5.41) is 0.369. The number of pyridine rings is 1. The Morgan fingerprint density at radius 3 is 2.86 bits per heavy atom.